The normalized spacial score (nSPS) is 21.3. The quantitative estimate of drug-likeness (QED) is 0.851. The number of aliphatic hydroxyl groups is 1. The minimum atomic E-state index is -0.346. The summed E-state index contributed by atoms with van der Waals surface area (Å²) in [5, 5.41) is 12.2. The van der Waals surface area contributed by atoms with Gasteiger partial charge in [0.2, 0.25) is 5.91 Å². The Morgan fingerprint density at radius 2 is 2.32 bits per heavy atom. The van der Waals surface area contributed by atoms with Gasteiger partial charge in [0.25, 0.3) is 0 Å². The minimum absolute atomic E-state index is 0.141. The number of likely N-dealkylation sites (tertiary alicyclic amines) is 1. The van der Waals surface area contributed by atoms with E-state index in [1.54, 1.807) is 25.1 Å². The molecule has 2 atom stereocenters. The zero-order valence-corrected chi connectivity index (χ0v) is 11.0. The molecule has 0 aliphatic carbocycles. The van der Waals surface area contributed by atoms with Gasteiger partial charge in [-0.2, -0.15) is 0 Å². The van der Waals surface area contributed by atoms with Gasteiger partial charge in [0, 0.05) is 25.2 Å². The highest BCUT2D eigenvalue weighted by atomic mass is 19.1. The van der Waals surface area contributed by atoms with Gasteiger partial charge in [-0.25, -0.2) is 4.39 Å². The molecule has 2 rings (SSSR count). The van der Waals surface area contributed by atoms with Crippen molar-refractivity contribution in [2.75, 3.05) is 13.1 Å². The number of hydrogen-bond acceptors (Lipinski definition) is 3. The monoisotopic (exact) mass is 266 g/mol. The van der Waals surface area contributed by atoms with Gasteiger partial charge in [-0.05, 0) is 19.4 Å². The third-order valence-corrected chi connectivity index (χ3v) is 3.53. The third-order valence-electron chi connectivity index (χ3n) is 3.53. The van der Waals surface area contributed by atoms with Crippen LogP contribution in [-0.2, 0) is 11.3 Å². The second-order valence-corrected chi connectivity index (χ2v) is 4.92. The predicted octanol–water partition coefficient (Wildman–Crippen LogP) is 0.897. The van der Waals surface area contributed by atoms with Crippen LogP contribution in [-0.4, -0.2) is 41.1 Å². The average molecular weight is 266 g/mol. The molecule has 0 radical (unpaired) electrons. The first kappa shape index (κ1) is 14.0. The molecule has 1 amide bonds. The lowest BCUT2D eigenvalue weighted by Gasteiger charge is -2.22. The first-order chi connectivity index (χ1) is 9.08. The zero-order chi connectivity index (χ0) is 13.8. The van der Waals surface area contributed by atoms with Gasteiger partial charge in [-0.15, -0.1) is 0 Å². The van der Waals surface area contributed by atoms with Gasteiger partial charge in [0.15, 0.2) is 0 Å². The molecule has 1 aliphatic rings. The van der Waals surface area contributed by atoms with Crippen molar-refractivity contribution < 1.29 is 14.3 Å². The highest BCUT2D eigenvalue weighted by Crippen LogP contribution is 2.13. The van der Waals surface area contributed by atoms with Crippen molar-refractivity contribution in [3.05, 3.63) is 35.6 Å². The van der Waals surface area contributed by atoms with Crippen LogP contribution >= 0.6 is 0 Å². The Morgan fingerprint density at radius 3 is 2.95 bits per heavy atom. The largest absolute Gasteiger partial charge is 0.392 e. The minimum Gasteiger partial charge on any atom is -0.392 e. The lowest BCUT2D eigenvalue weighted by molar-refractivity contribution is -0.125. The average Bonchev–Trinajstić information content (AvgIpc) is 2.83. The number of nitrogens with zero attached hydrogens (tertiary/aromatic N) is 1. The van der Waals surface area contributed by atoms with E-state index in [0.717, 1.165) is 6.54 Å². The molecule has 1 aromatic carbocycles. The second-order valence-electron chi connectivity index (χ2n) is 4.92. The molecule has 104 valence electrons. The van der Waals surface area contributed by atoms with Gasteiger partial charge >= 0.3 is 0 Å². The van der Waals surface area contributed by atoms with Gasteiger partial charge in [-0.1, -0.05) is 18.2 Å². The Balaban J connectivity index is 1.86. The maximum atomic E-state index is 13.4. The van der Waals surface area contributed by atoms with Crippen LogP contribution in [0.2, 0.25) is 0 Å². The van der Waals surface area contributed by atoms with E-state index in [9.17, 15) is 14.3 Å². The molecule has 0 aromatic heterocycles. The van der Waals surface area contributed by atoms with E-state index in [0.29, 0.717) is 18.5 Å². The highest BCUT2D eigenvalue weighted by molar-refractivity contribution is 5.81. The molecular weight excluding hydrogens is 247 g/mol. The molecule has 1 aromatic rings. The summed E-state index contributed by atoms with van der Waals surface area (Å²) in [5.74, 6) is -0.454. The summed E-state index contributed by atoms with van der Waals surface area (Å²) < 4.78 is 13.4. The first-order valence-corrected chi connectivity index (χ1v) is 6.51. The van der Waals surface area contributed by atoms with Gasteiger partial charge < -0.3 is 10.4 Å². The lowest BCUT2D eigenvalue weighted by atomic mass is 10.2. The second kappa shape index (κ2) is 6.12. The number of hydrogen-bond donors (Lipinski definition) is 2. The molecule has 2 N–H and O–H groups in total. The maximum absolute atomic E-state index is 13.4. The molecule has 0 saturated carbocycles. The molecule has 19 heavy (non-hydrogen) atoms. The van der Waals surface area contributed by atoms with Gasteiger partial charge in [0.05, 0.1) is 12.1 Å². The summed E-state index contributed by atoms with van der Waals surface area (Å²) in [4.78, 5) is 13.9. The Hall–Kier alpha value is -1.46. The number of rotatable bonds is 4. The van der Waals surface area contributed by atoms with Crippen molar-refractivity contribution in [1.82, 2.24) is 10.2 Å². The Bertz CT molecular complexity index is 453. The zero-order valence-electron chi connectivity index (χ0n) is 11.0. The number of carbonyl (C=O) groups excluding carboxylic acids is 1. The smallest absolute Gasteiger partial charge is 0.237 e. The molecule has 1 aliphatic heterocycles. The molecule has 0 spiro atoms. The number of carbonyl (C=O) groups is 1. The van der Waals surface area contributed by atoms with E-state index in [1.165, 1.54) is 6.07 Å². The van der Waals surface area contributed by atoms with Crippen LogP contribution in [0.1, 0.15) is 18.9 Å². The molecule has 1 heterocycles. The van der Waals surface area contributed by atoms with E-state index < -0.39 is 0 Å². The molecule has 0 bridgehead atoms. The van der Waals surface area contributed by atoms with E-state index in [4.69, 9.17) is 0 Å². The Labute approximate surface area is 112 Å². The van der Waals surface area contributed by atoms with Crippen molar-refractivity contribution in [1.29, 1.82) is 0 Å². The Morgan fingerprint density at radius 1 is 1.58 bits per heavy atom. The van der Waals surface area contributed by atoms with Crippen LogP contribution in [0.5, 0.6) is 0 Å². The number of benzene rings is 1. The fourth-order valence-corrected chi connectivity index (χ4v) is 2.26. The summed E-state index contributed by atoms with van der Waals surface area (Å²) in [6.45, 7) is 3.23. The van der Waals surface area contributed by atoms with Crippen molar-refractivity contribution in [2.24, 2.45) is 0 Å². The fourth-order valence-electron chi connectivity index (χ4n) is 2.26. The van der Waals surface area contributed by atoms with Crippen LogP contribution < -0.4 is 5.32 Å². The van der Waals surface area contributed by atoms with Crippen LogP contribution in [0.4, 0.5) is 4.39 Å². The number of aliphatic hydroxyl groups excluding tert-OH is 1. The SMILES string of the molecule is CC(C(=O)NCc1ccccc1F)N1CC[C@H](O)C1. The maximum Gasteiger partial charge on any atom is 0.237 e. The molecule has 4 nitrogen and oxygen atoms in total. The van der Waals surface area contributed by atoms with E-state index >= 15 is 0 Å². The Kier molecular flexibility index (Phi) is 4.50. The lowest BCUT2D eigenvalue weighted by Crippen LogP contribution is -2.44. The molecule has 1 saturated heterocycles. The van der Waals surface area contributed by atoms with E-state index in [2.05, 4.69) is 5.32 Å². The van der Waals surface area contributed by atoms with Crippen molar-refractivity contribution >= 4 is 5.91 Å². The van der Waals surface area contributed by atoms with Crippen LogP contribution in [0, 0.1) is 5.82 Å². The highest BCUT2D eigenvalue weighted by Gasteiger charge is 2.28. The van der Waals surface area contributed by atoms with E-state index in [1.807, 2.05) is 4.90 Å². The molecular formula is C14H19FN2O2. The topological polar surface area (TPSA) is 52.6 Å². The summed E-state index contributed by atoms with van der Waals surface area (Å²) in [7, 11) is 0. The molecule has 1 fully saturated rings. The number of β-amino-alcohol motifs (C(OH)–C–C–N with tert-alkyl or cyclic N) is 1. The summed E-state index contributed by atoms with van der Waals surface area (Å²) >= 11 is 0. The molecule has 5 heteroatoms. The predicted molar refractivity (Wildman–Crippen MR) is 69.9 cm³/mol. The van der Waals surface area contributed by atoms with E-state index in [-0.39, 0.29) is 30.4 Å². The summed E-state index contributed by atoms with van der Waals surface area (Å²) in [5.41, 5.74) is 0.476. The van der Waals surface area contributed by atoms with Crippen molar-refractivity contribution in [3.8, 4) is 0 Å². The van der Waals surface area contributed by atoms with Crippen molar-refractivity contribution in [3.63, 3.8) is 0 Å². The summed E-state index contributed by atoms with van der Waals surface area (Å²) in [6.07, 6.45) is 0.354. The van der Waals surface area contributed by atoms with Gasteiger partial charge in [-0.3, -0.25) is 9.69 Å². The number of halogens is 1. The first-order valence-electron chi connectivity index (χ1n) is 6.51. The fraction of sp³-hybridized carbons (Fsp3) is 0.500. The number of amides is 1. The third kappa shape index (κ3) is 3.52. The molecule has 1 unspecified atom stereocenters. The standard InChI is InChI=1S/C14H19FN2O2/c1-10(17-7-6-12(18)9-17)14(19)16-8-11-4-2-3-5-13(11)15/h2-5,10,12,18H,6-9H2,1H3,(H,16,19)/t10?,12-/m0/s1. The summed E-state index contributed by atoms with van der Waals surface area (Å²) in [6, 6.07) is 6.09. The number of nitrogens with one attached hydrogen (secondary N) is 1. The van der Waals surface area contributed by atoms with Crippen LogP contribution in [0.3, 0.4) is 0 Å². The van der Waals surface area contributed by atoms with Gasteiger partial charge in [0.1, 0.15) is 5.82 Å². The van der Waals surface area contributed by atoms with Crippen LogP contribution in [0.15, 0.2) is 24.3 Å². The van der Waals surface area contributed by atoms with Crippen molar-refractivity contribution in [2.45, 2.75) is 32.0 Å². The van der Waals surface area contributed by atoms with Crippen LogP contribution in [0.25, 0.3) is 0 Å².